The molecule has 0 radical (unpaired) electrons. The number of nitrogens with one attached hydrogen (secondary N) is 1. The standard InChI is InChI=1S/C23H24Cl2F2N4O2/c1-12-18-16(27)8-13(9-17(18)30(5)29-12)28-23(19-15(26)7-6-14(24)20(19)25)10-31(11-23)21(32)33-22(2,3)4/h6-9,28H,10-11H2,1-5H3. The third-order valence-corrected chi connectivity index (χ3v) is 6.36. The Morgan fingerprint density at radius 3 is 2.48 bits per heavy atom. The first-order valence-corrected chi connectivity index (χ1v) is 11.1. The number of amides is 1. The first-order valence-electron chi connectivity index (χ1n) is 10.3. The maximum absolute atomic E-state index is 15.0. The van der Waals surface area contributed by atoms with Gasteiger partial charge in [-0.25, -0.2) is 13.6 Å². The van der Waals surface area contributed by atoms with Crippen LogP contribution in [0.2, 0.25) is 10.0 Å². The summed E-state index contributed by atoms with van der Waals surface area (Å²) in [5, 5.41) is 8.11. The van der Waals surface area contributed by atoms with Crippen molar-refractivity contribution in [2.75, 3.05) is 18.4 Å². The van der Waals surface area contributed by atoms with E-state index in [4.69, 9.17) is 27.9 Å². The molecule has 1 aliphatic heterocycles. The molecule has 10 heteroatoms. The lowest BCUT2D eigenvalue weighted by Crippen LogP contribution is -2.66. The molecule has 176 valence electrons. The van der Waals surface area contributed by atoms with Gasteiger partial charge in [-0.05, 0) is 52.0 Å². The molecule has 0 unspecified atom stereocenters. The Balaban J connectivity index is 1.76. The van der Waals surface area contributed by atoms with E-state index in [1.165, 1.54) is 23.1 Å². The smallest absolute Gasteiger partial charge is 0.410 e. The molecular weight excluding hydrogens is 473 g/mol. The van der Waals surface area contributed by atoms with Gasteiger partial charge in [0.2, 0.25) is 0 Å². The molecule has 4 rings (SSSR count). The summed E-state index contributed by atoms with van der Waals surface area (Å²) in [6.45, 7) is 7.10. The van der Waals surface area contributed by atoms with Gasteiger partial charge in [-0.3, -0.25) is 4.68 Å². The number of fused-ring (bicyclic) bond motifs is 1. The van der Waals surface area contributed by atoms with E-state index >= 15 is 4.39 Å². The van der Waals surface area contributed by atoms with Crippen LogP contribution in [0.3, 0.4) is 0 Å². The lowest BCUT2D eigenvalue weighted by molar-refractivity contribution is -0.00535. The summed E-state index contributed by atoms with van der Waals surface area (Å²) in [5.41, 5.74) is -0.189. The number of rotatable bonds is 3. The van der Waals surface area contributed by atoms with E-state index in [0.717, 1.165) is 0 Å². The number of hydrogen-bond acceptors (Lipinski definition) is 4. The fourth-order valence-electron chi connectivity index (χ4n) is 4.21. The van der Waals surface area contributed by atoms with Crippen molar-refractivity contribution in [1.29, 1.82) is 0 Å². The summed E-state index contributed by atoms with van der Waals surface area (Å²) < 4.78 is 37.0. The van der Waals surface area contributed by atoms with Gasteiger partial charge in [-0.1, -0.05) is 23.2 Å². The van der Waals surface area contributed by atoms with E-state index in [9.17, 15) is 9.18 Å². The second-order valence-electron chi connectivity index (χ2n) is 9.32. The van der Waals surface area contributed by atoms with Crippen LogP contribution in [-0.4, -0.2) is 39.5 Å². The van der Waals surface area contributed by atoms with Gasteiger partial charge in [-0.15, -0.1) is 0 Å². The Labute approximate surface area is 200 Å². The minimum atomic E-state index is -1.14. The molecular formula is C23H24Cl2F2N4O2. The van der Waals surface area contributed by atoms with Crippen molar-refractivity contribution in [2.24, 2.45) is 7.05 Å². The highest BCUT2D eigenvalue weighted by molar-refractivity contribution is 6.42. The zero-order valence-corrected chi connectivity index (χ0v) is 20.4. The average molecular weight is 497 g/mol. The van der Waals surface area contributed by atoms with E-state index in [2.05, 4.69) is 10.4 Å². The van der Waals surface area contributed by atoms with Gasteiger partial charge < -0.3 is 15.0 Å². The van der Waals surface area contributed by atoms with E-state index < -0.39 is 28.9 Å². The van der Waals surface area contributed by atoms with Crippen LogP contribution in [0.1, 0.15) is 32.0 Å². The molecule has 1 amide bonds. The second-order valence-corrected chi connectivity index (χ2v) is 10.1. The van der Waals surface area contributed by atoms with E-state index in [0.29, 0.717) is 22.3 Å². The van der Waals surface area contributed by atoms with Crippen molar-refractivity contribution in [3.05, 3.63) is 57.2 Å². The summed E-state index contributed by atoms with van der Waals surface area (Å²) in [5.74, 6) is -1.05. The Hall–Kier alpha value is -2.58. The Kier molecular flexibility index (Phi) is 5.73. The average Bonchev–Trinajstić information content (AvgIpc) is 2.94. The number of hydrogen-bond donors (Lipinski definition) is 1. The number of anilines is 1. The quantitative estimate of drug-likeness (QED) is 0.450. The second kappa shape index (κ2) is 8.02. The SMILES string of the molecule is Cc1nn(C)c2cc(NC3(c4c(F)ccc(Cl)c4Cl)CN(C(=O)OC(C)(C)C)C3)cc(F)c12. The van der Waals surface area contributed by atoms with E-state index in [1.54, 1.807) is 45.5 Å². The molecule has 1 N–H and O–H groups in total. The van der Waals surface area contributed by atoms with Crippen molar-refractivity contribution in [3.63, 3.8) is 0 Å². The maximum Gasteiger partial charge on any atom is 0.410 e. The molecule has 0 aliphatic carbocycles. The molecule has 0 spiro atoms. The predicted molar refractivity (Wildman–Crippen MR) is 125 cm³/mol. The van der Waals surface area contributed by atoms with Crippen LogP contribution in [0.25, 0.3) is 10.9 Å². The first-order chi connectivity index (χ1) is 15.3. The van der Waals surface area contributed by atoms with E-state index in [-0.39, 0.29) is 28.7 Å². The number of halogens is 4. The molecule has 1 fully saturated rings. The molecule has 33 heavy (non-hydrogen) atoms. The molecule has 1 saturated heterocycles. The molecule has 6 nitrogen and oxygen atoms in total. The van der Waals surface area contributed by atoms with Gasteiger partial charge in [0.05, 0.1) is 39.7 Å². The normalized spacial score (nSPS) is 15.5. The van der Waals surface area contributed by atoms with Crippen LogP contribution < -0.4 is 5.32 Å². The topological polar surface area (TPSA) is 59.4 Å². The van der Waals surface area contributed by atoms with Gasteiger partial charge in [0.1, 0.15) is 22.8 Å². The van der Waals surface area contributed by atoms with Gasteiger partial charge in [0.25, 0.3) is 0 Å². The zero-order chi connectivity index (χ0) is 24.3. The number of nitrogens with zero attached hydrogens (tertiary/aromatic N) is 3. The van der Waals surface area contributed by atoms with Crippen molar-refractivity contribution >= 4 is 45.9 Å². The molecule has 0 bridgehead atoms. The van der Waals surface area contributed by atoms with Crippen molar-refractivity contribution in [2.45, 2.75) is 38.8 Å². The minimum absolute atomic E-state index is 0.0333. The summed E-state index contributed by atoms with van der Waals surface area (Å²) in [6.07, 6.45) is -0.539. The number of aryl methyl sites for hydroxylation is 2. The van der Waals surface area contributed by atoms with Crippen LogP contribution in [0, 0.1) is 18.6 Å². The van der Waals surface area contributed by atoms with Crippen LogP contribution >= 0.6 is 23.2 Å². The molecule has 1 aromatic heterocycles. The fraction of sp³-hybridized carbons (Fsp3) is 0.391. The lowest BCUT2D eigenvalue weighted by Gasteiger charge is -2.51. The van der Waals surface area contributed by atoms with Crippen molar-refractivity contribution in [1.82, 2.24) is 14.7 Å². The summed E-state index contributed by atoms with van der Waals surface area (Å²) >= 11 is 12.6. The maximum atomic E-state index is 15.0. The Morgan fingerprint density at radius 1 is 1.18 bits per heavy atom. The van der Waals surface area contributed by atoms with Crippen LogP contribution in [0.15, 0.2) is 24.3 Å². The van der Waals surface area contributed by atoms with Gasteiger partial charge >= 0.3 is 6.09 Å². The largest absolute Gasteiger partial charge is 0.444 e. The molecule has 2 heterocycles. The number of carbonyl (C=O) groups is 1. The number of aromatic nitrogens is 2. The van der Waals surface area contributed by atoms with Gasteiger partial charge in [0.15, 0.2) is 0 Å². The predicted octanol–water partition coefficient (Wildman–Crippen LogP) is 6.02. The number of likely N-dealkylation sites (tertiary alicyclic amines) is 1. The van der Waals surface area contributed by atoms with E-state index in [1.807, 2.05) is 0 Å². The number of carbonyl (C=O) groups excluding carboxylic acids is 1. The monoisotopic (exact) mass is 496 g/mol. The Bertz CT molecular complexity index is 1260. The van der Waals surface area contributed by atoms with Crippen LogP contribution in [0.5, 0.6) is 0 Å². The molecule has 1 aliphatic rings. The molecule has 0 atom stereocenters. The van der Waals surface area contributed by atoms with Crippen LogP contribution in [-0.2, 0) is 17.3 Å². The fourth-order valence-corrected chi connectivity index (χ4v) is 4.70. The highest BCUT2D eigenvalue weighted by atomic mass is 35.5. The first kappa shape index (κ1) is 23.6. The zero-order valence-electron chi connectivity index (χ0n) is 18.9. The molecule has 2 aromatic carbocycles. The molecule has 0 saturated carbocycles. The highest BCUT2D eigenvalue weighted by Gasteiger charge is 2.50. The number of ether oxygens (including phenoxy) is 1. The highest BCUT2D eigenvalue weighted by Crippen LogP contribution is 2.44. The summed E-state index contributed by atoms with van der Waals surface area (Å²) in [7, 11) is 1.72. The van der Waals surface area contributed by atoms with Gasteiger partial charge in [-0.2, -0.15) is 5.10 Å². The summed E-state index contributed by atoms with van der Waals surface area (Å²) in [6, 6.07) is 5.64. The Morgan fingerprint density at radius 2 is 1.85 bits per heavy atom. The van der Waals surface area contributed by atoms with Gasteiger partial charge in [0, 0.05) is 18.3 Å². The number of benzene rings is 2. The van der Waals surface area contributed by atoms with Crippen molar-refractivity contribution < 1.29 is 18.3 Å². The third-order valence-electron chi connectivity index (χ3n) is 5.56. The summed E-state index contributed by atoms with van der Waals surface area (Å²) in [4.78, 5) is 14.0. The third kappa shape index (κ3) is 4.22. The van der Waals surface area contributed by atoms with Crippen molar-refractivity contribution in [3.8, 4) is 0 Å². The minimum Gasteiger partial charge on any atom is -0.444 e. The van der Waals surface area contributed by atoms with Crippen LogP contribution in [0.4, 0.5) is 19.3 Å². The molecule has 3 aromatic rings. The lowest BCUT2D eigenvalue weighted by atomic mass is 9.81.